The summed E-state index contributed by atoms with van der Waals surface area (Å²) in [5, 5.41) is 8.77. The number of aromatic carboxylic acids is 1. The largest absolute Gasteiger partial charge is 0.478 e. The summed E-state index contributed by atoms with van der Waals surface area (Å²) in [6.45, 7) is 1.34. The zero-order chi connectivity index (χ0) is 10.0. The smallest absolute Gasteiger partial charge is 0.336 e. The summed E-state index contributed by atoms with van der Waals surface area (Å²) in [4.78, 5) is 21.7. The van der Waals surface area contributed by atoms with Crippen molar-refractivity contribution in [3.63, 3.8) is 0 Å². The van der Waals surface area contributed by atoms with Gasteiger partial charge in [-0.2, -0.15) is 0 Å². The summed E-state index contributed by atoms with van der Waals surface area (Å²) in [7, 11) is 0. The Morgan fingerprint density at radius 3 is 2.38 bits per heavy atom. The molecule has 0 aromatic heterocycles. The van der Waals surface area contributed by atoms with E-state index < -0.39 is 5.97 Å². The highest BCUT2D eigenvalue weighted by Crippen LogP contribution is 2.17. The molecule has 13 heavy (non-hydrogen) atoms. The maximum Gasteiger partial charge on any atom is 0.336 e. The molecule has 0 aliphatic heterocycles. The highest BCUT2D eigenvalue weighted by molar-refractivity contribution is 9.10. The van der Waals surface area contributed by atoms with Crippen molar-refractivity contribution in [1.82, 2.24) is 0 Å². The molecule has 1 rings (SSSR count). The van der Waals surface area contributed by atoms with E-state index in [0.717, 1.165) is 0 Å². The van der Waals surface area contributed by atoms with Crippen LogP contribution in [0.5, 0.6) is 0 Å². The number of carboxylic acid groups (broad SMARTS) is 1. The van der Waals surface area contributed by atoms with Crippen molar-refractivity contribution in [2.24, 2.45) is 0 Å². The maximum atomic E-state index is 11.0. The molecule has 0 atom stereocenters. The second-order valence-corrected chi connectivity index (χ2v) is 3.47. The van der Waals surface area contributed by atoms with Crippen LogP contribution in [0.3, 0.4) is 0 Å². The fourth-order valence-corrected chi connectivity index (χ4v) is 1.36. The molecule has 1 aromatic carbocycles. The average Bonchev–Trinajstić information content (AvgIpc) is 2.03. The summed E-state index contributed by atoms with van der Waals surface area (Å²) in [6.07, 6.45) is 0. The van der Waals surface area contributed by atoms with Crippen LogP contribution in [-0.2, 0) is 0 Å². The van der Waals surface area contributed by atoms with Gasteiger partial charge in [0.1, 0.15) is 0 Å². The van der Waals surface area contributed by atoms with Crippen LogP contribution in [0.1, 0.15) is 27.6 Å². The molecule has 0 unspecified atom stereocenters. The lowest BCUT2D eigenvalue weighted by Crippen LogP contribution is -2.05. The van der Waals surface area contributed by atoms with Crippen molar-refractivity contribution >= 4 is 27.7 Å². The van der Waals surface area contributed by atoms with Crippen LogP contribution < -0.4 is 0 Å². The molecule has 68 valence electrons. The highest BCUT2D eigenvalue weighted by Gasteiger charge is 2.13. The number of ketones is 1. The lowest BCUT2D eigenvalue weighted by molar-refractivity contribution is 0.0692. The molecule has 0 spiro atoms. The van der Waals surface area contributed by atoms with Crippen LogP contribution in [0.15, 0.2) is 22.7 Å². The van der Waals surface area contributed by atoms with Crippen LogP contribution >= 0.6 is 15.9 Å². The van der Waals surface area contributed by atoms with Crippen molar-refractivity contribution in [3.8, 4) is 0 Å². The van der Waals surface area contributed by atoms with E-state index in [1.807, 2.05) is 0 Å². The van der Waals surface area contributed by atoms with Gasteiger partial charge in [0.25, 0.3) is 0 Å². The van der Waals surface area contributed by atoms with E-state index in [0.29, 0.717) is 4.47 Å². The summed E-state index contributed by atoms with van der Waals surface area (Å²) in [5.41, 5.74) is 0.262. The Bertz CT molecular complexity index is 371. The molecule has 0 radical (unpaired) electrons. The highest BCUT2D eigenvalue weighted by atomic mass is 79.9. The first-order chi connectivity index (χ1) is 6.02. The van der Waals surface area contributed by atoms with E-state index in [2.05, 4.69) is 15.9 Å². The Balaban J connectivity index is 3.35. The molecule has 0 heterocycles. The monoisotopic (exact) mass is 242 g/mol. The topological polar surface area (TPSA) is 54.4 Å². The summed E-state index contributed by atoms with van der Waals surface area (Å²) in [5.74, 6) is -1.34. The summed E-state index contributed by atoms with van der Waals surface area (Å²) in [6, 6.07) is 4.55. The molecule has 0 saturated heterocycles. The second kappa shape index (κ2) is 3.70. The second-order valence-electron chi connectivity index (χ2n) is 2.55. The minimum atomic E-state index is -1.09. The van der Waals surface area contributed by atoms with E-state index in [1.165, 1.54) is 19.1 Å². The minimum Gasteiger partial charge on any atom is -0.478 e. The van der Waals surface area contributed by atoms with Crippen molar-refractivity contribution < 1.29 is 14.7 Å². The molecule has 0 aliphatic rings. The van der Waals surface area contributed by atoms with Crippen LogP contribution in [0.4, 0.5) is 0 Å². The maximum absolute atomic E-state index is 11.0. The number of benzene rings is 1. The molecule has 0 bridgehead atoms. The van der Waals surface area contributed by atoms with Gasteiger partial charge >= 0.3 is 5.97 Å². The third-order valence-corrected chi connectivity index (χ3v) is 2.08. The van der Waals surface area contributed by atoms with Crippen LogP contribution in [0.25, 0.3) is 0 Å². The van der Waals surface area contributed by atoms with Gasteiger partial charge in [0.15, 0.2) is 5.78 Å². The molecule has 0 amide bonds. The lowest BCUT2D eigenvalue weighted by Gasteiger charge is -2.01. The van der Waals surface area contributed by atoms with E-state index in [-0.39, 0.29) is 16.9 Å². The molecular weight excluding hydrogens is 236 g/mol. The zero-order valence-corrected chi connectivity index (χ0v) is 8.46. The molecule has 3 nitrogen and oxygen atoms in total. The van der Waals surface area contributed by atoms with Crippen molar-refractivity contribution in [3.05, 3.63) is 33.8 Å². The van der Waals surface area contributed by atoms with Gasteiger partial charge in [0, 0.05) is 10.0 Å². The first-order valence-corrected chi connectivity index (χ1v) is 4.35. The predicted octanol–water partition coefficient (Wildman–Crippen LogP) is 2.35. The number of carboxylic acids is 1. The Morgan fingerprint density at radius 2 is 1.92 bits per heavy atom. The predicted molar refractivity (Wildman–Crippen MR) is 51.1 cm³/mol. The Morgan fingerprint density at radius 1 is 1.31 bits per heavy atom. The number of hydrogen-bond donors (Lipinski definition) is 1. The number of Topliss-reactive ketones (excluding diaryl/α,β-unsaturated/α-hetero) is 1. The molecule has 4 heteroatoms. The van der Waals surface area contributed by atoms with Crippen LogP contribution in [-0.4, -0.2) is 16.9 Å². The lowest BCUT2D eigenvalue weighted by atomic mass is 10.1. The first kappa shape index (κ1) is 9.92. The summed E-state index contributed by atoms with van der Waals surface area (Å²) >= 11 is 3.14. The molecule has 0 aliphatic carbocycles. The van der Waals surface area contributed by atoms with E-state index in [1.54, 1.807) is 6.07 Å². The van der Waals surface area contributed by atoms with Crippen LogP contribution in [0, 0.1) is 0 Å². The van der Waals surface area contributed by atoms with E-state index >= 15 is 0 Å². The first-order valence-electron chi connectivity index (χ1n) is 3.56. The average molecular weight is 243 g/mol. The fraction of sp³-hybridized carbons (Fsp3) is 0.111. The normalized spacial score (nSPS) is 9.69. The molecule has 1 aromatic rings. The van der Waals surface area contributed by atoms with E-state index in [4.69, 9.17) is 5.11 Å². The van der Waals surface area contributed by atoms with Gasteiger partial charge in [0.2, 0.25) is 0 Å². The number of hydrogen-bond acceptors (Lipinski definition) is 2. The molecule has 1 N–H and O–H groups in total. The number of carbonyl (C=O) groups excluding carboxylic acids is 1. The van der Waals surface area contributed by atoms with Gasteiger partial charge in [-0.1, -0.05) is 15.9 Å². The minimum absolute atomic E-state index is 0.0295. The zero-order valence-electron chi connectivity index (χ0n) is 6.87. The van der Waals surface area contributed by atoms with Gasteiger partial charge in [0.05, 0.1) is 5.56 Å². The molecule has 0 saturated carbocycles. The summed E-state index contributed by atoms with van der Waals surface area (Å²) < 4.78 is 0.648. The van der Waals surface area contributed by atoms with Crippen molar-refractivity contribution in [1.29, 1.82) is 0 Å². The number of rotatable bonds is 2. The number of carbonyl (C=O) groups is 2. The molecule has 0 fully saturated rings. The quantitative estimate of drug-likeness (QED) is 0.811. The van der Waals surface area contributed by atoms with Gasteiger partial charge in [-0.25, -0.2) is 4.79 Å². The van der Waals surface area contributed by atoms with Gasteiger partial charge in [-0.15, -0.1) is 0 Å². The third kappa shape index (κ3) is 2.15. The van der Waals surface area contributed by atoms with E-state index in [9.17, 15) is 9.59 Å². The van der Waals surface area contributed by atoms with Gasteiger partial charge < -0.3 is 5.11 Å². The van der Waals surface area contributed by atoms with Crippen molar-refractivity contribution in [2.45, 2.75) is 6.92 Å². The number of halogens is 1. The van der Waals surface area contributed by atoms with Crippen LogP contribution in [0.2, 0.25) is 0 Å². The fourth-order valence-electron chi connectivity index (χ4n) is 1.00. The standard InChI is InChI=1S/C9H7BrO3/c1-5(11)7-3-2-6(10)4-8(7)9(12)13/h2-4H,1H3,(H,12,13). The third-order valence-electron chi connectivity index (χ3n) is 1.59. The van der Waals surface area contributed by atoms with Crippen molar-refractivity contribution in [2.75, 3.05) is 0 Å². The SMILES string of the molecule is CC(=O)c1ccc(Br)cc1C(=O)O. The Labute approximate surface area is 83.5 Å². The Hall–Kier alpha value is -1.16. The molecular formula is C9H7BrO3. The van der Waals surface area contributed by atoms with Gasteiger partial charge in [-0.05, 0) is 25.1 Å². The Kier molecular flexibility index (Phi) is 2.83. The van der Waals surface area contributed by atoms with Gasteiger partial charge in [-0.3, -0.25) is 4.79 Å².